The van der Waals surface area contributed by atoms with Gasteiger partial charge in [0.05, 0.1) is 23.0 Å². The third-order valence-electron chi connectivity index (χ3n) is 6.40. The summed E-state index contributed by atoms with van der Waals surface area (Å²) in [4.78, 5) is 20.7. The number of rotatable bonds is 5. The first-order chi connectivity index (χ1) is 16.2. The quantitative estimate of drug-likeness (QED) is 0.417. The molecule has 0 bridgehead atoms. The predicted octanol–water partition coefficient (Wildman–Crippen LogP) is 3.55. The zero-order valence-electron chi connectivity index (χ0n) is 18.5. The predicted molar refractivity (Wildman–Crippen MR) is 130 cm³/mol. The fourth-order valence-electron chi connectivity index (χ4n) is 4.85. The van der Waals surface area contributed by atoms with E-state index in [0.29, 0.717) is 31.3 Å². The van der Waals surface area contributed by atoms with Crippen molar-refractivity contribution in [2.24, 2.45) is 0 Å². The van der Waals surface area contributed by atoms with Gasteiger partial charge in [-0.3, -0.25) is 0 Å². The number of H-pyrrole nitrogens is 1. The van der Waals surface area contributed by atoms with E-state index >= 15 is 0 Å². The van der Waals surface area contributed by atoms with Crippen LogP contribution in [-0.4, -0.2) is 57.4 Å². The summed E-state index contributed by atoms with van der Waals surface area (Å²) in [5.41, 5.74) is 3.93. The van der Waals surface area contributed by atoms with Gasteiger partial charge >= 0.3 is 0 Å². The lowest BCUT2D eigenvalue weighted by atomic mass is 9.91. The van der Waals surface area contributed by atoms with Gasteiger partial charge in [0, 0.05) is 35.4 Å². The summed E-state index contributed by atoms with van der Waals surface area (Å²) in [5, 5.41) is 15.5. The van der Waals surface area contributed by atoms with Crippen LogP contribution in [0.2, 0.25) is 0 Å². The van der Waals surface area contributed by atoms with Crippen LogP contribution in [0.4, 0.5) is 11.6 Å². The van der Waals surface area contributed by atoms with Gasteiger partial charge in [0.15, 0.2) is 17.5 Å². The second-order valence-corrected chi connectivity index (χ2v) is 9.80. The van der Waals surface area contributed by atoms with Gasteiger partial charge in [0.2, 0.25) is 5.75 Å². The fourth-order valence-corrected chi connectivity index (χ4v) is 5.56. The summed E-state index contributed by atoms with van der Waals surface area (Å²) in [6.45, 7) is 3.78. The number of aromatic nitrogens is 4. The Morgan fingerprint density at radius 1 is 1.30 bits per heavy atom. The van der Waals surface area contributed by atoms with Gasteiger partial charge in [-0.25, -0.2) is 15.0 Å². The van der Waals surface area contributed by atoms with Crippen molar-refractivity contribution in [3.8, 4) is 16.5 Å². The van der Waals surface area contributed by atoms with Crippen LogP contribution >= 0.6 is 11.3 Å². The number of anilines is 2. The summed E-state index contributed by atoms with van der Waals surface area (Å²) >= 11 is 1.58. The molecule has 3 aromatic heterocycles. The third-order valence-corrected chi connectivity index (χ3v) is 7.31. The number of aryl methyl sites for hydroxylation is 2. The number of aliphatic hydroxyl groups is 1. The minimum absolute atomic E-state index is 0.0627. The average molecular weight is 463 g/mol. The van der Waals surface area contributed by atoms with Crippen LogP contribution in [-0.2, 0) is 12.8 Å². The molecular formula is C24H26N6O2S. The Balaban J connectivity index is 1.37. The second-order valence-electron chi connectivity index (χ2n) is 8.56. The van der Waals surface area contributed by atoms with Crippen LogP contribution in [0.25, 0.3) is 21.6 Å². The highest BCUT2D eigenvalue weighted by molar-refractivity contribution is 7.14. The van der Waals surface area contributed by atoms with Crippen molar-refractivity contribution >= 4 is 33.9 Å². The number of aliphatic hydroxyl groups excluding tert-OH is 1. The Labute approximate surface area is 195 Å². The molecule has 0 fully saturated rings. The smallest absolute Gasteiger partial charge is 0.204 e. The van der Waals surface area contributed by atoms with E-state index in [9.17, 15) is 5.11 Å². The lowest BCUT2D eigenvalue weighted by molar-refractivity contribution is 0.276. The Morgan fingerprint density at radius 3 is 3.06 bits per heavy atom. The van der Waals surface area contributed by atoms with E-state index in [1.54, 1.807) is 11.3 Å². The number of ether oxygens (including phenoxy) is 1. The van der Waals surface area contributed by atoms with Crippen molar-refractivity contribution in [2.45, 2.75) is 32.2 Å². The molecule has 8 nitrogen and oxygen atoms in total. The van der Waals surface area contributed by atoms with Crippen LogP contribution in [0.15, 0.2) is 30.5 Å². The highest BCUT2D eigenvalue weighted by Crippen LogP contribution is 2.40. The maximum Gasteiger partial charge on any atom is 0.204 e. The number of β-amino-alcohol motifs (C(OH)–C–C–N with tert-alkyl or cyclic N) is 1. The Bertz CT molecular complexity index is 1320. The van der Waals surface area contributed by atoms with E-state index in [0.717, 1.165) is 40.8 Å². The molecule has 0 radical (unpaired) electrons. The van der Waals surface area contributed by atoms with Gasteiger partial charge in [-0.15, -0.1) is 11.3 Å². The van der Waals surface area contributed by atoms with Crippen molar-refractivity contribution in [3.63, 3.8) is 0 Å². The van der Waals surface area contributed by atoms with Crippen molar-refractivity contribution < 1.29 is 9.84 Å². The zero-order chi connectivity index (χ0) is 22.4. The lowest BCUT2D eigenvalue weighted by Gasteiger charge is -2.32. The molecule has 0 spiro atoms. The molecule has 0 unspecified atom stereocenters. The molecule has 1 atom stereocenters. The van der Waals surface area contributed by atoms with Crippen LogP contribution < -0.4 is 15.0 Å². The molecule has 0 saturated heterocycles. The van der Waals surface area contributed by atoms with Gasteiger partial charge in [0.1, 0.15) is 6.61 Å². The van der Waals surface area contributed by atoms with Crippen molar-refractivity contribution in [1.29, 1.82) is 0 Å². The number of para-hydroxylation sites is 1. The van der Waals surface area contributed by atoms with Gasteiger partial charge in [-0.05, 0) is 37.8 Å². The standard InChI is InChI=1S/C24H26N6O2S/c1-14-25-13-20(33-14)22-28-23(21-24(29-22)30(8-10-31)9-11-32-21)26-15-6-7-19-17(12-15)16-4-2-3-5-18(16)27-19/h2-5,13,15,27,31H,6-12H2,1H3,(H,26,28,29)/t15-/m1/s1. The zero-order valence-corrected chi connectivity index (χ0v) is 19.3. The van der Waals surface area contributed by atoms with Crippen molar-refractivity contribution in [2.75, 3.05) is 36.5 Å². The maximum atomic E-state index is 9.57. The number of nitrogens with zero attached hydrogens (tertiary/aromatic N) is 4. The summed E-state index contributed by atoms with van der Waals surface area (Å²) < 4.78 is 6.06. The number of nitrogens with one attached hydrogen (secondary N) is 2. The molecule has 3 N–H and O–H groups in total. The minimum Gasteiger partial charge on any atom is -0.485 e. The molecule has 1 aliphatic carbocycles. The number of aromatic amines is 1. The van der Waals surface area contributed by atoms with E-state index in [1.165, 1.54) is 22.2 Å². The lowest BCUT2D eigenvalue weighted by Crippen LogP contribution is -2.37. The molecule has 33 heavy (non-hydrogen) atoms. The van der Waals surface area contributed by atoms with Crippen LogP contribution in [0.5, 0.6) is 5.75 Å². The Hall–Kier alpha value is -3.17. The molecule has 0 amide bonds. The molecule has 9 heteroatoms. The number of thiazole rings is 1. The number of hydrogen-bond donors (Lipinski definition) is 3. The highest BCUT2D eigenvalue weighted by atomic mass is 32.1. The van der Waals surface area contributed by atoms with Gasteiger partial charge in [-0.1, -0.05) is 18.2 Å². The molecule has 1 aliphatic heterocycles. The summed E-state index contributed by atoms with van der Waals surface area (Å²) in [7, 11) is 0. The van der Waals surface area contributed by atoms with E-state index in [1.807, 2.05) is 13.1 Å². The van der Waals surface area contributed by atoms with Crippen LogP contribution in [0.3, 0.4) is 0 Å². The van der Waals surface area contributed by atoms with Crippen molar-refractivity contribution in [3.05, 3.63) is 46.7 Å². The average Bonchev–Trinajstić information content (AvgIpc) is 3.43. The van der Waals surface area contributed by atoms with E-state index in [2.05, 4.69) is 44.5 Å². The largest absolute Gasteiger partial charge is 0.485 e. The van der Waals surface area contributed by atoms with Crippen LogP contribution in [0.1, 0.15) is 22.7 Å². The highest BCUT2D eigenvalue weighted by Gasteiger charge is 2.29. The molecular weight excluding hydrogens is 436 g/mol. The normalized spacial score (nSPS) is 17.5. The fraction of sp³-hybridized carbons (Fsp3) is 0.375. The van der Waals surface area contributed by atoms with Crippen molar-refractivity contribution in [1.82, 2.24) is 19.9 Å². The van der Waals surface area contributed by atoms with Gasteiger partial charge in [-0.2, -0.15) is 0 Å². The Kier molecular flexibility index (Phi) is 5.15. The summed E-state index contributed by atoms with van der Waals surface area (Å²) in [6.07, 6.45) is 4.75. The first kappa shape index (κ1) is 20.4. The SMILES string of the molecule is Cc1ncc(-c2nc(N[C@@H]3CCc4[nH]c5ccccc5c4C3)c3c(n2)N(CCO)CCO3)s1. The third kappa shape index (κ3) is 3.71. The Morgan fingerprint density at radius 2 is 2.21 bits per heavy atom. The minimum atomic E-state index is 0.0627. The molecule has 0 saturated carbocycles. The molecule has 1 aromatic carbocycles. The number of benzene rings is 1. The molecule has 6 rings (SSSR count). The topological polar surface area (TPSA) is 99.2 Å². The monoisotopic (exact) mass is 462 g/mol. The van der Waals surface area contributed by atoms with E-state index in [-0.39, 0.29) is 12.6 Å². The van der Waals surface area contributed by atoms with Gasteiger partial charge < -0.3 is 25.0 Å². The van der Waals surface area contributed by atoms with E-state index in [4.69, 9.17) is 14.7 Å². The maximum absolute atomic E-state index is 9.57. The summed E-state index contributed by atoms with van der Waals surface area (Å²) in [5.74, 6) is 2.76. The molecule has 4 heterocycles. The number of fused-ring (bicyclic) bond motifs is 4. The molecule has 2 aliphatic rings. The second kappa shape index (κ2) is 8.31. The summed E-state index contributed by atoms with van der Waals surface area (Å²) in [6, 6.07) is 8.75. The molecule has 4 aromatic rings. The first-order valence-electron chi connectivity index (χ1n) is 11.4. The first-order valence-corrected chi connectivity index (χ1v) is 12.2. The molecule has 170 valence electrons. The van der Waals surface area contributed by atoms with E-state index < -0.39 is 0 Å². The van der Waals surface area contributed by atoms with Crippen LogP contribution in [0, 0.1) is 6.92 Å². The van der Waals surface area contributed by atoms with Gasteiger partial charge in [0.25, 0.3) is 0 Å². The number of hydrogen-bond acceptors (Lipinski definition) is 8.